The van der Waals surface area contributed by atoms with Gasteiger partial charge in [-0.3, -0.25) is 4.90 Å². The maximum absolute atomic E-state index is 12.5. The van der Waals surface area contributed by atoms with Gasteiger partial charge in [0.1, 0.15) is 0 Å². The van der Waals surface area contributed by atoms with Crippen molar-refractivity contribution in [2.45, 2.75) is 25.7 Å². The highest BCUT2D eigenvalue weighted by molar-refractivity contribution is 7.86. The van der Waals surface area contributed by atoms with Crippen molar-refractivity contribution in [3.8, 4) is 6.07 Å². The lowest BCUT2D eigenvalue weighted by atomic mass is 10.2. The summed E-state index contributed by atoms with van der Waals surface area (Å²) >= 11 is 0. The zero-order chi connectivity index (χ0) is 13.7. The van der Waals surface area contributed by atoms with Crippen LogP contribution in [0.5, 0.6) is 0 Å². The van der Waals surface area contributed by atoms with Crippen LogP contribution in [0.4, 0.5) is 0 Å². The molecule has 2 aliphatic heterocycles. The molecule has 0 bridgehead atoms. The summed E-state index contributed by atoms with van der Waals surface area (Å²) in [7, 11) is -3.29. The zero-order valence-corrected chi connectivity index (χ0v) is 12.1. The van der Waals surface area contributed by atoms with E-state index in [4.69, 9.17) is 5.26 Å². The fraction of sp³-hybridized carbons (Fsp3) is 0.917. The van der Waals surface area contributed by atoms with Crippen LogP contribution < -0.4 is 0 Å². The second-order valence-corrected chi connectivity index (χ2v) is 7.08. The van der Waals surface area contributed by atoms with E-state index in [2.05, 4.69) is 6.07 Å². The summed E-state index contributed by atoms with van der Waals surface area (Å²) < 4.78 is 28.3. The number of nitrogens with zero attached hydrogens (tertiary/aromatic N) is 4. The second-order valence-electron chi connectivity index (χ2n) is 5.15. The maximum Gasteiger partial charge on any atom is 0.282 e. The van der Waals surface area contributed by atoms with Crippen LogP contribution in [0.3, 0.4) is 0 Å². The van der Waals surface area contributed by atoms with Crippen molar-refractivity contribution in [2.75, 3.05) is 45.8 Å². The van der Waals surface area contributed by atoms with E-state index < -0.39 is 10.2 Å². The topological polar surface area (TPSA) is 67.6 Å². The molecule has 2 heterocycles. The molecule has 7 heteroatoms. The van der Waals surface area contributed by atoms with Gasteiger partial charge in [-0.05, 0) is 12.8 Å². The molecule has 0 aromatic rings. The number of nitriles is 1. The summed E-state index contributed by atoms with van der Waals surface area (Å²) in [6, 6.07) is 2.11. The third kappa shape index (κ3) is 3.66. The first-order chi connectivity index (χ1) is 9.14. The van der Waals surface area contributed by atoms with E-state index in [1.54, 1.807) is 8.61 Å². The molecule has 2 aliphatic rings. The lowest BCUT2D eigenvalue weighted by molar-refractivity contribution is 0.197. The predicted octanol–water partition coefficient (Wildman–Crippen LogP) is 0.248. The molecule has 0 aliphatic carbocycles. The highest BCUT2D eigenvalue weighted by Crippen LogP contribution is 2.17. The van der Waals surface area contributed by atoms with E-state index in [0.717, 1.165) is 25.7 Å². The molecule has 6 nitrogen and oxygen atoms in total. The standard InChI is InChI=1S/C12H22N4O2S/c13-5-8-14-9-11-16(12-10-14)19(17,18)15-6-3-1-2-4-7-15/h1-4,6-12H2. The Labute approximate surface area is 115 Å². The van der Waals surface area contributed by atoms with E-state index in [9.17, 15) is 8.42 Å². The maximum atomic E-state index is 12.5. The highest BCUT2D eigenvalue weighted by atomic mass is 32.2. The molecular formula is C12H22N4O2S. The summed E-state index contributed by atoms with van der Waals surface area (Å²) in [5, 5.41) is 8.65. The molecule has 2 rings (SSSR count). The van der Waals surface area contributed by atoms with Crippen molar-refractivity contribution in [2.24, 2.45) is 0 Å². The van der Waals surface area contributed by atoms with Crippen LogP contribution in [0.2, 0.25) is 0 Å². The number of piperazine rings is 1. The average molecular weight is 286 g/mol. The van der Waals surface area contributed by atoms with Crippen LogP contribution >= 0.6 is 0 Å². The van der Waals surface area contributed by atoms with Crippen molar-refractivity contribution < 1.29 is 8.42 Å². The number of hydrogen-bond donors (Lipinski definition) is 0. The van der Waals surface area contributed by atoms with E-state index in [1.165, 1.54) is 0 Å². The molecule has 0 unspecified atom stereocenters. The third-order valence-corrected chi connectivity index (χ3v) is 5.88. The molecule has 19 heavy (non-hydrogen) atoms. The molecule has 0 atom stereocenters. The minimum atomic E-state index is -3.29. The Morgan fingerprint density at radius 3 is 1.89 bits per heavy atom. The van der Waals surface area contributed by atoms with E-state index >= 15 is 0 Å². The average Bonchev–Trinajstić information content (AvgIpc) is 2.69. The van der Waals surface area contributed by atoms with Crippen molar-refractivity contribution in [3.05, 3.63) is 0 Å². The van der Waals surface area contributed by atoms with Gasteiger partial charge in [-0.25, -0.2) is 0 Å². The van der Waals surface area contributed by atoms with Crippen LogP contribution in [0.25, 0.3) is 0 Å². The molecule has 2 fully saturated rings. The normalized spacial score (nSPS) is 24.8. The predicted molar refractivity (Wildman–Crippen MR) is 72.6 cm³/mol. The van der Waals surface area contributed by atoms with Gasteiger partial charge in [0.2, 0.25) is 0 Å². The fourth-order valence-electron chi connectivity index (χ4n) is 2.65. The number of hydrogen-bond acceptors (Lipinski definition) is 4. The SMILES string of the molecule is N#CCN1CCN(S(=O)(=O)N2CCCCCC2)CC1. The van der Waals surface area contributed by atoms with Gasteiger partial charge in [0, 0.05) is 39.3 Å². The molecule has 2 saturated heterocycles. The number of rotatable bonds is 3. The van der Waals surface area contributed by atoms with Gasteiger partial charge >= 0.3 is 0 Å². The van der Waals surface area contributed by atoms with E-state index in [0.29, 0.717) is 45.8 Å². The van der Waals surface area contributed by atoms with Crippen LogP contribution in [-0.4, -0.2) is 67.7 Å². The Kier molecular flexibility index (Phi) is 5.16. The van der Waals surface area contributed by atoms with Crippen LogP contribution in [0, 0.1) is 11.3 Å². The minimum Gasteiger partial charge on any atom is -0.288 e. The summed E-state index contributed by atoms with van der Waals surface area (Å²) in [5.74, 6) is 0. The second kappa shape index (κ2) is 6.66. The first kappa shape index (κ1) is 14.7. The summed E-state index contributed by atoms with van der Waals surface area (Å²) in [4.78, 5) is 1.99. The van der Waals surface area contributed by atoms with Crippen LogP contribution in [-0.2, 0) is 10.2 Å². The van der Waals surface area contributed by atoms with Gasteiger partial charge in [-0.1, -0.05) is 12.8 Å². The van der Waals surface area contributed by atoms with Crippen LogP contribution in [0.1, 0.15) is 25.7 Å². The van der Waals surface area contributed by atoms with Crippen molar-refractivity contribution in [3.63, 3.8) is 0 Å². The molecule has 0 N–H and O–H groups in total. The Bertz CT molecular complexity index is 416. The van der Waals surface area contributed by atoms with E-state index in [1.807, 2.05) is 4.90 Å². The first-order valence-corrected chi connectivity index (χ1v) is 8.39. The molecule has 0 saturated carbocycles. The van der Waals surface area contributed by atoms with Crippen molar-refractivity contribution >= 4 is 10.2 Å². The molecule has 108 valence electrons. The van der Waals surface area contributed by atoms with Gasteiger partial charge in [0.05, 0.1) is 12.6 Å². The van der Waals surface area contributed by atoms with E-state index in [-0.39, 0.29) is 0 Å². The van der Waals surface area contributed by atoms with Gasteiger partial charge in [0.15, 0.2) is 0 Å². The first-order valence-electron chi connectivity index (χ1n) is 6.99. The fourth-order valence-corrected chi connectivity index (χ4v) is 4.33. The molecular weight excluding hydrogens is 264 g/mol. The molecule has 0 amide bonds. The lowest BCUT2D eigenvalue weighted by Gasteiger charge is -2.35. The quantitative estimate of drug-likeness (QED) is 0.697. The molecule has 0 aromatic carbocycles. The smallest absolute Gasteiger partial charge is 0.282 e. The van der Waals surface area contributed by atoms with Gasteiger partial charge in [-0.2, -0.15) is 22.3 Å². The Morgan fingerprint density at radius 1 is 0.842 bits per heavy atom. The third-order valence-electron chi connectivity index (χ3n) is 3.84. The highest BCUT2D eigenvalue weighted by Gasteiger charge is 2.32. The zero-order valence-electron chi connectivity index (χ0n) is 11.3. The van der Waals surface area contributed by atoms with Gasteiger partial charge < -0.3 is 0 Å². The van der Waals surface area contributed by atoms with Crippen LogP contribution in [0.15, 0.2) is 0 Å². The Morgan fingerprint density at radius 2 is 1.37 bits per heavy atom. The summed E-state index contributed by atoms with van der Waals surface area (Å²) in [6.45, 7) is 4.00. The molecule has 0 spiro atoms. The van der Waals surface area contributed by atoms with Gasteiger partial charge in [0.25, 0.3) is 10.2 Å². The summed E-state index contributed by atoms with van der Waals surface area (Å²) in [5.41, 5.74) is 0. The summed E-state index contributed by atoms with van der Waals surface area (Å²) in [6.07, 6.45) is 4.19. The Balaban J connectivity index is 1.95. The Hall–Kier alpha value is -0.680. The monoisotopic (exact) mass is 286 g/mol. The van der Waals surface area contributed by atoms with Crippen molar-refractivity contribution in [1.82, 2.24) is 13.5 Å². The van der Waals surface area contributed by atoms with Gasteiger partial charge in [-0.15, -0.1) is 0 Å². The van der Waals surface area contributed by atoms with Crippen molar-refractivity contribution in [1.29, 1.82) is 5.26 Å². The largest absolute Gasteiger partial charge is 0.288 e. The molecule has 0 radical (unpaired) electrons. The lowest BCUT2D eigenvalue weighted by Crippen LogP contribution is -2.53. The molecule has 0 aromatic heterocycles. The minimum absolute atomic E-state index is 0.387.